The highest BCUT2D eigenvalue weighted by Crippen LogP contribution is 2.32. The summed E-state index contributed by atoms with van der Waals surface area (Å²) in [5.74, 6) is 0.819. The quantitative estimate of drug-likeness (QED) is 0.947. The zero-order chi connectivity index (χ0) is 11.5. The van der Waals surface area contributed by atoms with Crippen molar-refractivity contribution in [1.29, 1.82) is 0 Å². The van der Waals surface area contributed by atoms with Crippen LogP contribution in [0, 0.1) is 0 Å². The van der Waals surface area contributed by atoms with Crippen molar-refractivity contribution < 1.29 is 4.74 Å². The maximum Gasteiger partial charge on any atom is 0.133 e. The van der Waals surface area contributed by atoms with E-state index in [0.717, 1.165) is 25.7 Å². The summed E-state index contributed by atoms with van der Waals surface area (Å²) in [6.45, 7) is 0.537. The second kappa shape index (κ2) is 4.95. The second-order valence-corrected chi connectivity index (χ2v) is 5.15. The minimum Gasteiger partial charge on any atom is -0.496 e. The molecule has 0 aliphatic rings. The molecule has 0 fully saturated rings. The molecule has 3 nitrogen and oxygen atoms in total. The van der Waals surface area contributed by atoms with Gasteiger partial charge in [-0.15, -0.1) is 11.3 Å². The number of benzene rings is 1. The van der Waals surface area contributed by atoms with Gasteiger partial charge >= 0.3 is 0 Å². The molecule has 84 valence electrons. The minimum atomic E-state index is 0.537. The Labute approximate surface area is 106 Å². The highest BCUT2D eigenvalue weighted by Gasteiger charge is 2.06. The average Bonchev–Trinajstić information content (AvgIpc) is 2.77. The molecule has 0 amide bonds. The number of halogens is 1. The maximum absolute atomic E-state index is 5.56. The van der Waals surface area contributed by atoms with E-state index in [1.165, 1.54) is 0 Å². The lowest BCUT2D eigenvalue weighted by Gasteiger charge is -2.04. The van der Waals surface area contributed by atoms with Gasteiger partial charge in [0.05, 0.1) is 11.6 Å². The molecule has 0 atom stereocenters. The molecular weight excluding hydrogens is 288 g/mol. The fraction of sp³-hybridized carbons (Fsp3) is 0.182. The zero-order valence-corrected chi connectivity index (χ0v) is 11.1. The third kappa shape index (κ3) is 2.26. The number of hydrogen-bond acceptors (Lipinski definition) is 4. The highest BCUT2D eigenvalue weighted by atomic mass is 79.9. The molecule has 5 heteroatoms. The van der Waals surface area contributed by atoms with E-state index in [1.54, 1.807) is 18.4 Å². The SMILES string of the molecule is COc1ccc(-c2ncc(CN)s2)cc1Br. The topological polar surface area (TPSA) is 48.1 Å². The van der Waals surface area contributed by atoms with E-state index in [9.17, 15) is 0 Å². The largest absolute Gasteiger partial charge is 0.496 e. The first-order valence-electron chi connectivity index (χ1n) is 4.73. The van der Waals surface area contributed by atoms with Crippen molar-refractivity contribution in [1.82, 2.24) is 4.98 Å². The highest BCUT2D eigenvalue weighted by molar-refractivity contribution is 9.10. The van der Waals surface area contributed by atoms with Crippen molar-refractivity contribution in [2.45, 2.75) is 6.54 Å². The lowest BCUT2D eigenvalue weighted by atomic mass is 10.2. The van der Waals surface area contributed by atoms with E-state index in [2.05, 4.69) is 20.9 Å². The Morgan fingerprint density at radius 3 is 2.88 bits per heavy atom. The van der Waals surface area contributed by atoms with Crippen LogP contribution in [0.2, 0.25) is 0 Å². The summed E-state index contributed by atoms with van der Waals surface area (Å²) < 4.78 is 6.11. The molecule has 0 aliphatic carbocycles. The molecule has 0 spiro atoms. The van der Waals surface area contributed by atoms with Gasteiger partial charge in [0.2, 0.25) is 0 Å². The van der Waals surface area contributed by atoms with Gasteiger partial charge in [-0.3, -0.25) is 0 Å². The number of nitrogens with zero attached hydrogens (tertiary/aromatic N) is 1. The van der Waals surface area contributed by atoms with Gasteiger partial charge in [-0.25, -0.2) is 4.98 Å². The first kappa shape index (κ1) is 11.6. The van der Waals surface area contributed by atoms with E-state index < -0.39 is 0 Å². The minimum absolute atomic E-state index is 0.537. The van der Waals surface area contributed by atoms with Crippen LogP contribution in [0.25, 0.3) is 10.6 Å². The molecule has 16 heavy (non-hydrogen) atoms. The van der Waals surface area contributed by atoms with Crippen LogP contribution in [0.3, 0.4) is 0 Å². The lowest BCUT2D eigenvalue weighted by Crippen LogP contribution is -1.91. The van der Waals surface area contributed by atoms with E-state index >= 15 is 0 Å². The standard InChI is InChI=1S/C11H11BrN2OS/c1-15-10-3-2-7(4-9(10)12)11-14-6-8(5-13)16-11/h2-4,6H,5,13H2,1H3. The molecule has 0 radical (unpaired) electrons. The van der Waals surface area contributed by atoms with Gasteiger partial charge in [-0.2, -0.15) is 0 Å². The van der Waals surface area contributed by atoms with Crippen LogP contribution in [0.4, 0.5) is 0 Å². The summed E-state index contributed by atoms with van der Waals surface area (Å²) in [5, 5.41) is 0.976. The van der Waals surface area contributed by atoms with Crippen LogP contribution >= 0.6 is 27.3 Å². The first-order valence-corrected chi connectivity index (χ1v) is 6.34. The smallest absolute Gasteiger partial charge is 0.133 e. The van der Waals surface area contributed by atoms with Crippen LogP contribution in [0.5, 0.6) is 5.75 Å². The fourth-order valence-electron chi connectivity index (χ4n) is 1.33. The van der Waals surface area contributed by atoms with Gasteiger partial charge in [-0.1, -0.05) is 0 Å². The summed E-state index contributed by atoms with van der Waals surface area (Å²) in [6, 6.07) is 5.91. The van der Waals surface area contributed by atoms with Crippen molar-refractivity contribution in [2.24, 2.45) is 5.73 Å². The number of hydrogen-bond donors (Lipinski definition) is 1. The fourth-order valence-corrected chi connectivity index (χ4v) is 2.66. The molecular formula is C11H11BrN2OS. The van der Waals surface area contributed by atoms with Crippen molar-refractivity contribution >= 4 is 27.3 Å². The summed E-state index contributed by atoms with van der Waals surface area (Å²) >= 11 is 5.07. The first-order chi connectivity index (χ1) is 7.74. The Hall–Kier alpha value is -0.910. The van der Waals surface area contributed by atoms with Crippen molar-refractivity contribution in [3.63, 3.8) is 0 Å². The predicted molar refractivity (Wildman–Crippen MR) is 69.7 cm³/mol. The van der Waals surface area contributed by atoms with Gasteiger partial charge in [0.1, 0.15) is 10.8 Å². The predicted octanol–water partition coefficient (Wildman–Crippen LogP) is 3.04. The molecule has 2 N–H and O–H groups in total. The van der Waals surface area contributed by atoms with Gasteiger partial charge in [0.25, 0.3) is 0 Å². The molecule has 1 heterocycles. The van der Waals surface area contributed by atoms with Crippen LogP contribution in [-0.4, -0.2) is 12.1 Å². The normalized spacial score (nSPS) is 10.4. The molecule has 0 bridgehead atoms. The average molecular weight is 299 g/mol. The Balaban J connectivity index is 2.37. The third-order valence-corrected chi connectivity index (χ3v) is 3.84. The third-order valence-electron chi connectivity index (χ3n) is 2.15. The van der Waals surface area contributed by atoms with Gasteiger partial charge in [0.15, 0.2) is 0 Å². The van der Waals surface area contributed by atoms with E-state index in [1.807, 2.05) is 24.4 Å². The number of thiazole rings is 1. The number of methoxy groups -OCH3 is 1. The Morgan fingerprint density at radius 2 is 2.31 bits per heavy atom. The summed E-state index contributed by atoms with van der Waals surface area (Å²) in [4.78, 5) is 5.42. The summed E-state index contributed by atoms with van der Waals surface area (Å²) in [7, 11) is 1.65. The van der Waals surface area contributed by atoms with Crippen molar-refractivity contribution in [3.8, 4) is 16.3 Å². The number of ether oxygens (including phenoxy) is 1. The Morgan fingerprint density at radius 1 is 1.50 bits per heavy atom. The van der Waals surface area contributed by atoms with E-state index in [0.29, 0.717) is 6.54 Å². The molecule has 0 saturated carbocycles. The zero-order valence-electron chi connectivity index (χ0n) is 8.74. The molecule has 1 aromatic heterocycles. The summed E-state index contributed by atoms with van der Waals surface area (Å²) in [6.07, 6.45) is 1.82. The second-order valence-electron chi connectivity index (χ2n) is 3.19. The van der Waals surface area contributed by atoms with Crippen molar-refractivity contribution in [2.75, 3.05) is 7.11 Å². The molecule has 2 rings (SSSR count). The summed E-state index contributed by atoms with van der Waals surface area (Å²) in [5.41, 5.74) is 6.62. The molecule has 2 aromatic rings. The lowest BCUT2D eigenvalue weighted by molar-refractivity contribution is 0.412. The van der Waals surface area contributed by atoms with Crippen LogP contribution in [0.1, 0.15) is 4.88 Å². The van der Waals surface area contributed by atoms with Gasteiger partial charge in [0, 0.05) is 23.2 Å². The van der Waals surface area contributed by atoms with E-state index in [4.69, 9.17) is 10.5 Å². The van der Waals surface area contributed by atoms with Crippen LogP contribution < -0.4 is 10.5 Å². The number of nitrogens with two attached hydrogens (primary N) is 1. The van der Waals surface area contributed by atoms with Gasteiger partial charge in [-0.05, 0) is 34.1 Å². The Bertz CT molecular complexity index is 498. The molecule has 0 aliphatic heterocycles. The van der Waals surface area contributed by atoms with E-state index in [-0.39, 0.29) is 0 Å². The number of rotatable bonds is 3. The maximum atomic E-state index is 5.56. The van der Waals surface area contributed by atoms with Crippen LogP contribution in [-0.2, 0) is 6.54 Å². The van der Waals surface area contributed by atoms with Gasteiger partial charge < -0.3 is 10.5 Å². The molecule has 1 aromatic carbocycles. The molecule has 0 unspecified atom stereocenters. The number of aromatic nitrogens is 1. The monoisotopic (exact) mass is 298 g/mol. The van der Waals surface area contributed by atoms with Crippen LogP contribution in [0.15, 0.2) is 28.9 Å². The Kier molecular flexibility index (Phi) is 3.58. The van der Waals surface area contributed by atoms with Crippen molar-refractivity contribution in [3.05, 3.63) is 33.7 Å². The molecule has 0 saturated heterocycles.